The van der Waals surface area contributed by atoms with Crippen LogP contribution in [0.5, 0.6) is 0 Å². The molecule has 184 valence electrons. The van der Waals surface area contributed by atoms with Gasteiger partial charge in [-0.2, -0.15) is 0 Å². The molecular formula is C28H28N4O4. The summed E-state index contributed by atoms with van der Waals surface area (Å²) in [5.41, 5.74) is 4.28. The number of hydrogen-bond acceptors (Lipinski definition) is 6. The minimum absolute atomic E-state index is 0.364. The Morgan fingerprint density at radius 2 is 1.47 bits per heavy atom. The van der Waals surface area contributed by atoms with Crippen molar-refractivity contribution >= 4 is 17.6 Å². The van der Waals surface area contributed by atoms with Gasteiger partial charge >= 0.3 is 5.97 Å². The van der Waals surface area contributed by atoms with Gasteiger partial charge in [0.2, 0.25) is 11.8 Å². The van der Waals surface area contributed by atoms with Crippen molar-refractivity contribution in [1.29, 1.82) is 0 Å². The number of hydrogen-bond donors (Lipinski definition) is 3. The van der Waals surface area contributed by atoms with E-state index in [2.05, 4.69) is 39.9 Å². The zero-order valence-electron chi connectivity index (χ0n) is 20.1. The van der Waals surface area contributed by atoms with E-state index in [9.17, 15) is 9.59 Å². The molecule has 0 bridgehead atoms. The molecule has 36 heavy (non-hydrogen) atoms. The van der Waals surface area contributed by atoms with Crippen LogP contribution in [0.4, 0.5) is 5.69 Å². The van der Waals surface area contributed by atoms with Crippen molar-refractivity contribution in [2.75, 3.05) is 11.9 Å². The topological polar surface area (TPSA) is 117 Å². The van der Waals surface area contributed by atoms with E-state index >= 15 is 0 Å². The van der Waals surface area contributed by atoms with Crippen LogP contribution < -0.4 is 10.6 Å². The average Bonchev–Trinajstić information content (AvgIpc) is 3.39. The van der Waals surface area contributed by atoms with Crippen LogP contribution in [0.2, 0.25) is 0 Å². The highest BCUT2D eigenvalue weighted by atomic mass is 16.4. The summed E-state index contributed by atoms with van der Waals surface area (Å²) in [5, 5.41) is 23.1. The van der Waals surface area contributed by atoms with E-state index in [4.69, 9.17) is 9.52 Å². The smallest absolute Gasteiger partial charge is 0.325 e. The normalized spacial score (nSPS) is 12.5. The molecule has 3 N–H and O–H groups in total. The molecule has 1 amide bonds. The Kier molecular flexibility index (Phi) is 7.75. The van der Waals surface area contributed by atoms with Crippen molar-refractivity contribution in [3.8, 4) is 22.9 Å². The highest BCUT2D eigenvalue weighted by Gasteiger charge is 2.15. The Morgan fingerprint density at radius 3 is 2.08 bits per heavy atom. The van der Waals surface area contributed by atoms with E-state index in [1.807, 2.05) is 54.6 Å². The van der Waals surface area contributed by atoms with Gasteiger partial charge in [-0.15, -0.1) is 10.2 Å². The van der Waals surface area contributed by atoms with Gasteiger partial charge in [0.25, 0.3) is 5.91 Å². The molecule has 0 aliphatic rings. The maximum absolute atomic E-state index is 12.1. The first-order valence-corrected chi connectivity index (χ1v) is 11.7. The third kappa shape index (κ3) is 6.35. The number of rotatable bonds is 10. The van der Waals surface area contributed by atoms with Crippen LogP contribution in [0, 0.1) is 5.92 Å². The van der Waals surface area contributed by atoms with Gasteiger partial charge in [-0.25, -0.2) is 0 Å². The van der Waals surface area contributed by atoms with Crippen molar-refractivity contribution in [2.24, 2.45) is 5.92 Å². The van der Waals surface area contributed by atoms with E-state index in [1.54, 1.807) is 12.1 Å². The molecule has 0 saturated carbocycles. The molecule has 2 atom stereocenters. The lowest BCUT2D eigenvalue weighted by atomic mass is 10.00. The Balaban J connectivity index is 1.27. The summed E-state index contributed by atoms with van der Waals surface area (Å²) >= 11 is 0. The van der Waals surface area contributed by atoms with Crippen molar-refractivity contribution < 1.29 is 19.1 Å². The van der Waals surface area contributed by atoms with Crippen LogP contribution in [0.3, 0.4) is 0 Å². The summed E-state index contributed by atoms with van der Waals surface area (Å²) in [5.74, 6) is -0.131. The Morgan fingerprint density at radius 1 is 0.861 bits per heavy atom. The fourth-order valence-electron chi connectivity index (χ4n) is 3.67. The summed E-state index contributed by atoms with van der Waals surface area (Å²) < 4.78 is 5.83. The molecule has 1 unspecified atom stereocenters. The zero-order valence-corrected chi connectivity index (χ0v) is 20.1. The van der Waals surface area contributed by atoms with Crippen LogP contribution in [0.15, 0.2) is 83.3 Å². The number of nitrogens with one attached hydrogen (secondary N) is 2. The number of carboxylic acids is 1. The van der Waals surface area contributed by atoms with Crippen LogP contribution in [-0.2, 0) is 11.2 Å². The van der Waals surface area contributed by atoms with Gasteiger partial charge in [0.05, 0.1) is 0 Å². The molecule has 8 nitrogen and oxygen atoms in total. The molecule has 0 fully saturated rings. The van der Waals surface area contributed by atoms with E-state index < -0.39 is 17.9 Å². The van der Waals surface area contributed by atoms with Crippen LogP contribution in [0.25, 0.3) is 22.9 Å². The molecule has 1 heterocycles. The van der Waals surface area contributed by atoms with Crippen molar-refractivity contribution in [3.05, 3.63) is 90.0 Å². The number of carboxylic acid groups (broad SMARTS) is 1. The highest BCUT2D eigenvalue weighted by Crippen LogP contribution is 2.24. The maximum atomic E-state index is 12.1. The molecule has 4 rings (SSSR count). The zero-order chi connectivity index (χ0) is 25.5. The Hall–Kier alpha value is -4.46. The number of carbonyl (C=O) groups excluding carboxylic acids is 1. The summed E-state index contributed by atoms with van der Waals surface area (Å²) in [7, 11) is 0. The first kappa shape index (κ1) is 24.7. The number of aromatic nitrogens is 2. The average molecular weight is 485 g/mol. The van der Waals surface area contributed by atoms with Crippen molar-refractivity contribution in [3.63, 3.8) is 0 Å². The second-order valence-corrected chi connectivity index (χ2v) is 8.78. The highest BCUT2D eigenvalue weighted by molar-refractivity contribution is 5.96. The first-order valence-electron chi connectivity index (χ1n) is 11.7. The van der Waals surface area contributed by atoms with Crippen LogP contribution in [0.1, 0.15) is 29.8 Å². The molecule has 0 aliphatic carbocycles. The summed E-state index contributed by atoms with van der Waals surface area (Å²) in [6.45, 7) is 4.35. The quantitative estimate of drug-likeness (QED) is 0.293. The first-order chi connectivity index (χ1) is 17.4. The Labute approximate surface area is 209 Å². The SMILES string of the molecule is CC(CNc1ccc(C(=O)N[C@@H](C)C(=O)O)cc1)Cc1ccc(-c2nnc(-c3ccccc3)o2)cc1. The molecule has 0 aliphatic heterocycles. The van der Waals surface area contributed by atoms with Crippen molar-refractivity contribution in [1.82, 2.24) is 15.5 Å². The Bertz CT molecular complexity index is 1300. The van der Waals surface area contributed by atoms with Gasteiger partial charge in [-0.1, -0.05) is 37.3 Å². The van der Waals surface area contributed by atoms with Gasteiger partial charge < -0.3 is 20.2 Å². The molecule has 8 heteroatoms. The number of amides is 1. The van der Waals surface area contributed by atoms with Gasteiger partial charge in [-0.3, -0.25) is 9.59 Å². The number of carbonyl (C=O) groups is 2. The third-order valence-electron chi connectivity index (χ3n) is 5.75. The standard InChI is InChI=1S/C28H28N4O4/c1-18(17-29-24-14-12-21(13-15-24)25(33)30-19(2)28(34)35)16-20-8-10-23(11-9-20)27-32-31-26(36-27)22-6-4-3-5-7-22/h3-15,18-19,29H,16-17H2,1-2H3,(H,30,33)(H,34,35)/t18?,19-/m0/s1. The monoisotopic (exact) mass is 484 g/mol. The fraction of sp³-hybridized carbons (Fsp3) is 0.214. The van der Waals surface area contributed by atoms with E-state index in [0.29, 0.717) is 23.3 Å². The van der Waals surface area contributed by atoms with Gasteiger partial charge in [0.15, 0.2) is 0 Å². The van der Waals surface area contributed by atoms with Gasteiger partial charge in [-0.05, 0) is 73.4 Å². The van der Waals surface area contributed by atoms with E-state index in [0.717, 1.165) is 29.8 Å². The summed E-state index contributed by atoms with van der Waals surface area (Å²) in [6.07, 6.45) is 0.889. The summed E-state index contributed by atoms with van der Waals surface area (Å²) in [6, 6.07) is 23.9. The lowest BCUT2D eigenvalue weighted by molar-refractivity contribution is -0.138. The van der Waals surface area contributed by atoms with Gasteiger partial charge in [0.1, 0.15) is 6.04 Å². The maximum Gasteiger partial charge on any atom is 0.325 e. The second kappa shape index (κ2) is 11.3. The molecule has 1 aromatic heterocycles. The molecule has 0 radical (unpaired) electrons. The van der Waals surface area contributed by atoms with Crippen LogP contribution in [-0.4, -0.2) is 39.8 Å². The second-order valence-electron chi connectivity index (χ2n) is 8.78. The van der Waals surface area contributed by atoms with E-state index in [1.165, 1.54) is 12.5 Å². The number of nitrogens with zero attached hydrogens (tertiary/aromatic N) is 2. The van der Waals surface area contributed by atoms with E-state index in [-0.39, 0.29) is 0 Å². The largest absolute Gasteiger partial charge is 0.480 e. The molecule has 3 aromatic carbocycles. The predicted octanol–water partition coefficient (Wildman–Crippen LogP) is 4.90. The third-order valence-corrected chi connectivity index (χ3v) is 5.75. The minimum atomic E-state index is -1.07. The van der Waals surface area contributed by atoms with Crippen molar-refractivity contribution in [2.45, 2.75) is 26.3 Å². The molecular weight excluding hydrogens is 456 g/mol. The minimum Gasteiger partial charge on any atom is -0.480 e. The molecule has 4 aromatic rings. The lowest BCUT2D eigenvalue weighted by Gasteiger charge is -2.14. The number of aliphatic carboxylic acids is 1. The summed E-state index contributed by atoms with van der Waals surface area (Å²) in [4.78, 5) is 23.0. The van der Waals surface area contributed by atoms with Gasteiger partial charge in [0, 0.05) is 28.9 Å². The molecule has 0 spiro atoms. The molecule has 0 saturated heterocycles. The predicted molar refractivity (Wildman–Crippen MR) is 138 cm³/mol. The van der Waals surface area contributed by atoms with Crippen LogP contribution >= 0.6 is 0 Å². The lowest BCUT2D eigenvalue weighted by Crippen LogP contribution is -2.38. The fourth-order valence-corrected chi connectivity index (χ4v) is 3.67. The number of benzene rings is 3. The number of anilines is 1.